The van der Waals surface area contributed by atoms with Gasteiger partial charge in [0.15, 0.2) is 0 Å². The van der Waals surface area contributed by atoms with Crippen molar-refractivity contribution in [2.24, 2.45) is 0 Å². The molecule has 0 aliphatic rings. The first kappa shape index (κ1) is 18.1. The quantitative estimate of drug-likeness (QED) is 0.402. The number of hydrogen-bond acceptors (Lipinski definition) is 6. The van der Waals surface area contributed by atoms with E-state index in [4.69, 9.17) is 25.2 Å². The smallest absolute Gasteiger partial charge is 0.336 e. The van der Waals surface area contributed by atoms with Crippen LogP contribution in [0.3, 0.4) is 0 Å². The van der Waals surface area contributed by atoms with Gasteiger partial charge in [-0.2, -0.15) is 0 Å². The molecule has 0 aliphatic heterocycles. The van der Waals surface area contributed by atoms with Gasteiger partial charge in [0.05, 0.1) is 12.7 Å². The largest absolute Gasteiger partial charge is 0.508 e. The van der Waals surface area contributed by atoms with E-state index >= 15 is 0 Å². The monoisotopic (exact) mass is 398 g/mol. The van der Waals surface area contributed by atoms with Crippen molar-refractivity contribution in [2.75, 3.05) is 0 Å². The molecule has 0 bridgehead atoms. The first-order valence-corrected chi connectivity index (χ1v) is 8.86. The zero-order valence-electron chi connectivity index (χ0n) is 14.8. The molecule has 6 nitrogen and oxygen atoms in total. The van der Waals surface area contributed by atoms with E-state index in [-0.39, 0.29) is 18.8 Å². The number of carbonyl (C=O) groups excluding carboxylic acids is 1. The Balaban J connectivity index is 1.55. The minimum atomic E-state index is -0.527. The first-order chi connectivity index (χ1) is 13.4. The van der Waals surface area contributed by atoms with E-state index in [0.29, 0.717) is 32.7 Å². The summed E-state index contributed by atoms with van der Waals surface area (Å²) >= 11 is 6.17. The first-order valence-electron chi connectivity index (χ1n) is 8.48. The van der Waals surface area contributed by atoms with Gasteiger partial charge in [-0.25, -0.2) is 4.79 Å². The molecule has 142 valence electrons. The lowest BCUT2D eigenvalue weighted by atomic mass is 10.1. The standard InChI is InChI=1S/C21H15ClO6/c1-11-4-19-16(8-17(11)22)13(6-21(25)28-19)10-27-20(24)5-12-9-26-18-7-14(23)2-3-15(12)18/h2-4,6-9,23H,5,10H2,1H3. The summed E-state index contributed by atoms with van der Waals surface area (Å²) in [6.45, 7) is 1.72. The predicted octanol–water partition coefficient (Wildman–Crippen LogP) is 4.49. The maximum Gasteiger partial charge on any atom is 0.336 e. The molecule has 4 aromatic rings. The van der Waals surface area contributed by atoms with Crippen molar-refractivity contribution in [3.8, 4) is 5.75 Å². The van der Waals surface area contributed by atoms with E-state index in [1.54, 1.807) is 18.2 Å². The number of esters is 1. The third-order valence-corrected chi connectivity index (χ3v) is 4.88. The fourth-order valence-corrected chi connectivity index (χ4v) is 3.20. The molecule has 4 rings (SSSR count). The van der Waals surface area contributed by atoms with Crippen LogP contribution in [0.5, 0.6) is 5.75 Å². The molecule has 7 heteroatoms. The Morgan fingerprint density at radius 3 is 2.75 bits per heavy atom. The van der Waals surface area contributed by atoms with E-state index in [1.807, 2.05) is 6.92 Å². The Morgan fingerprint density at radius 2 is 1.93 bits per heavy atom. The molecule has 0 saturated heterocycles. The number of halogens is 1. The highest BCUT2D eigenvalue weighted by Gasteiger charge is 2.14. The van der Waals surface area contributed by atoms with Crippen LogP contribution in [-0.2, 0) is 22.6 Å². The van der Waals surface area contributed by atoms with Crippen molar-refractivity contribution >= 4 is 39.5 Å². The Bertz CT molecular complexity index is 1270. The summed E-state index contributed by atoms with van der Waals surface area (Å²) in [7, 11) is 0. The third kappa shape index (κ3) is 3.46. The average molecular weight is 399 g/mol. The molecule has 1 N–H and O–H groups in total. The highest BCUT2D eigenvalue weighted by atomic mass is 35.5. The number of rotatable bonds is 4. The molecular formula is C21H15ClO6. The number of ether oxygens (including phenoxy) is 1. The van der Waals surface area contributed by atoms with Crippen LogP contribution in [-0.4, -0.2) is 11.1 Å². The van der Waals surface area contributed by atoms with Crippen molar-refractivity contribution in [1.29, 1.82) is 0 Å². The topological polar surface area (TPSA) is 89.9 Å². The van der Waals surface area contributed by atoms with Crippen LogP contribution < -0.4 is 5.63 Å². The van der Waals surface area contributed by atoms with E-state index < -0.39 is 11.6 Å². The fourth-order valence-electron chi connectivity index (χ4n) is 3.04. The van der Waals surface area contributed by atoms with Gasteiger partial charge in [-0.3, -0.25) is 4.79 Å². The molecule has 0 radical (unpaired) electrons. The highest BCUT2D eigenvalue weighted by Crippen LogP contribution is 2.27. The van der Waals surface area contributed by atoms with E-state index in [2.05, 4.69) is 0 Å². The number of carbonyl (C=O) groups is 1. The lowest BCUT2D eigenvalue weighted by molar-refractivity contribution is -0.144. The minimum absolute atomic E-state index is 0.00296. The molecule has 0 fully saturated rings. The van der Waals surface area contributed by atoms with E-state index in [0.717, 1.165) is 10.9 Å². The Labute approximate surface area is 163 Å². The predicted molar refractivity (Wildman–Crippen MR) is 104 cm³/mol. The zero-order valence-corrected chi connectivity index (χ0v) is 15.6. The van der Waals surface area contributed by atoms with E-state index in [1.165, 1.54) is 24.5 Å². The van der Waals surface area contributed by atoms with Gasteiger partial charge in [-0.15, -0.1) is 0 Å². The number of hydrogen-bond donors (Lipinski definition) is 1. The van der Waals surface area contributed by atoms with Gasteiger partial charge < -0.3 is 18.7 Å². The molecule has 0 unspecified atom stereocenters. The number of benzene rings is 2. The van der Waals surface area contributed by atoms with Crippen LogP contribution in [0.15, 0.2) is 56.3 Å². The van der Waals surface area contributed by atoms with Crippen molar-refractivity contribution in [3.05, 3.63) is 74.8 Å². The van der Waals surface area contributed by atoms with Crippen LogP contribution in [0.25, 0.3) is 21.9 Å². The van der Waals surface area contributed by atoms with Crippen LogP contribution in [0.1, 0.15) is 16.7 Å². The maximum absolute atomic E-state index is 12.3. The second-order valence-electron chi connectivity index (χ2n) is 6.47. The molecule has 0 saturated carbocycles. The molecule has 28 heavy (non-hydrogen) atoms. The number of aryl methyl sites for hydroxylation is 1. The van der Waals surface area contributed by atoms with Gasteiger partial charge in [0, 0.05) is 39.1 Å². The summed E-state index contributed by atoms with van der Waals surface area (Å²) < 4.78 is 15.9. The molecule has 2 heterocycles. The summed E-state index contributed by atoms with van der Waals surface area (Å²) in [6, 6.07) is 9.33. The molecule has 2 aromatic heterocycles. The lowest BCUT2D eigenvalue weighted by Crippen LogP contribution is -2.09. The summed E-state index contributed by atoms with van der Waals surface area (Å²) in [6.07, 6.45) is 1.46. The maximum atomic E-state index is 12.3. The Kier molecular flexibility index (Phi) is 4.57. The van der Waals surface area contributed by atoms with Gasteiger partial charge in [-0.05, 0) is 36.8 Å². The van der Waals surface area contributed by atoms with Gasteiger partial charge in [0.1, 0.15) is 23.5 Å². The van der Waals surface area contributed by atoms with Crippen LogP contribution in [0.2, 0.25) is 5.02 Å². The van der Waals surface area contributed by atoms with Gasteiger partial charge in [0.2, 0.25) is 0 Å². The van der Waals surface area contributed by atoms with Gasteiger partial charge in [-0.1, -0.05) is 11.6 Å². The zero-order chi connectivity index (χ0) is 19.8. The molecule has 0 spiro atoms. The highest BCUT2D eigenvalue weighted by molar-refractivity contribution is 6.32. The molecule has 0 aliphatic carbocycles. The molecule has 2 aromatic carbocycles. The number of furan rings is 1. The molecular weight excluding hydrogens is 384 g/mol. The lowest BCUT2D eigenvalue weighted by Gasteiger charge is -2.08. The van der Waals surface area contributed by atoms with Crippen molar-refractivity contribution in [1.82, 2.24) is 0 Å². The summed E-state index contributed by atoms with van der Waals surface area (Å²) in [5.41, 5.74) is 2.30. The normalized spacial score (nSPS) is 11.2. The Hall–Kier alpha value is -3.25. The van der Waals surface area contributed by atoms with Crippen molar-refractivity contribution < 1.29 is 23.5 Å². The number of phenolic OH excluding ortho intramolecular Hbond substituents is 1. The molecule has 0 amide bonds. The van der Waals surface area contributed by atoms with Gasteiger partial charge in [0.25, 0.3) is 0 Å². The van der Waals surface area contributed by atoms with E-state index in [9.17, 15) is 14.7 Å². The molecule has 0 atom stereocenters. The SMILES string of the molecule is Cc1cc2oc(=O)cc(COC(=O)Cc3coc4cc(O)ccc34)c2cc1Cl. The van der Waals surface area contributed by atoms with Gasteiger partial charge >= 0.3 is 11.6 Å². The summed E-state index contributed by atoms with van der Waals surface area (Å²) in [5.74, 6) is -0.393. The third-order valence-electron chi connectivity index (χ3n) is 4.47. The summed E-state index contributed by atoms with van der Waals surface area (Å²) in [4.78, 5) is 24.1. The Morgan fingerprint density at radius 1 is 1.11 bits per heavy atom. The van der Waals surface area contributed by atoms with Crippen LogP contribution >= 0.6 is 11.6 Å². The number of fused-ring (bicyclic) bond motifs is 2. The number of aromatic hydroxyl groups is 1. The minimum Gasteiger partial charge on any atom is -0.508 e. The van der Waals surface area contributed by atoms with Crippen molar-refractivity contribution in [2.45, 2.75) is 20.0 Å². The average Bonchev–Trinajstić information content (AvgIpc) is 3.03. The second kappa shape index (κ2) is 7.05. The van der Waals surface area contributed by atoms with Crippen LogP contribution in [0.4, 0.5) is 0 Å². The van der Waals surface area contributed by atoms with Crippen LogP contribution in [0, 0.1) is 6.92 Å². The second-order valence-corrected chi connectivity index (χ2v) is 6.87. The summed E-state index contributed by atoms with van der Waals surface area (Å²) in [5, 5.41) is 11.4. The number of phenols is 1. The van der Waals surface area contributed by atoms with Crippen molar-refractivity contribution in [3.63, 3.8) is 0 Å². The fraction of sp³-hybridized carbons (Fsp3) is 0.143.